The molecule has 0 aromatic carbocycles. The molecule has 0 spiro atoms. The Morgan fingerprint density at radius 3 is 2.62 bits per heavy atom. The Balaban J connectivity index is 1.63. The van der Waals surface area contributed by atoms with E-state index < -0.39 is 0 Å². The van der Waals surface area contributed by atoms with Gasteiger partial charge in [0.15, 0.2) is 0 Å². The zero-order valence-corrected chi connectivity index (χ0v) is 10.6. The second kappa shape index (κ2) is 5.99. The molecule has 0 bridgehead atoms. The van der Waals surface area contributed by atoms with E-state index in [0.717, 1.165) is 5.92 Å². The fourth-order valence-corrected chi connectivity index (χ4v) is 3.01. The lowest BCUT2D eigenvalue weighted by atomic mass is 9.90. The molecule has 1 aliphatic heterocycles. The Morgan fingerprint density at radius 1 is 1.19 bits per heavy atom. The van der Waals surface area contributed by atoms with Crippen LogP contribution < -0.4 is 11.1 Å². The van der Waals surface area contributed by atoms with Crippen molar-refractivity contribution in [3.63, 3.8) is 0 Å². The lowest BCUT2D eigenvalue weighted by Gasteiger charge is -2.32. The van der Waals surface area contributed by atoms with E-state index in [0.29, 0.717) is 12.1 Å². The highest BCUT2D eigenvalue weighted by Crippen LogP contribution is 2.19. The van der Waals surface area contributed by atoms with E-state index in [9.17, 15) is 0 Å². The van der Waals surface area contributed by atoms with E-state index in [4.69, 9.17) is 5.73 Å². The number of hydrogen-bond donors (Lipinski definition) is 2. The summed E-state index contributed by atoms with van der Waals surface area (Å²) in [5.41, 5.74) is 6.01. The lowest BCUT2D eigenvalue weighted by molar-refractivity contribution is 0.207. The molecule has 1 saturated carbocycles. The SMILES string of the molecule is CN1CCC(CNC2CCCC(N)C2)CC1. The number of likely N-dealkylation sites (tertiary alicyclic amines) is 1. The maximum atomic E-state index is 6.01. The third kappa shape index (κ3) is 3.72. The zero-order valence-electron chi connectivity index (χ0n) is 10.6. The molecule has 1 aliphatic carbocycles. The summed E-state index contributed by atoms with van der Waals surface area (Å²) in [5, 5.41) is 3.74. The Bertz CT molecular complexity index is 199. The number of hydrogen-bond acceptors (Lipinski definition) is 3. The number of nitrogens with zero attached hydrogens (tertiary/aromatic N) is 1. The Morgan fingerprint density at radius 2 is 1.94 bits per heavy atom. The molecule has 0 radical (unpaired) electrons. The van der Waals surface area contributed by atoms with Crippen LogP contribution in [0.4, 0.5) is 0 Å². The molecule has 2 fully saturated rings. The van der Waals surface area contributed by atoms with Crippen molar-refractivity contribution in [3.8, 4) is 0 Å². The fraction of sp³-hybridized carbons (Fsp3) is 1.00. The Kier molecular flexibility index (Phi) is 4.62. The molecule has 0 amide bonds. The molecule has 0 aromatic rings. The molecule has 3 nitrogen and oxygen atoms in total. The second-order valence-electron chi connectivity index (χ2n) is 5.78. The smallest absolute Gasteiger partial charge is 0.00819 e. The standard InChI is InChI=1S/C13H27N3/c1-16-7-5-11(6-8-16)10-15-13-4-2-3-12(14)9-13/h11-13,15H,2-10,14H2,1H3. The monoisotopic (exact) mass is 225 g/mol. The highest BCUT2D eigenvalue weighted by atomic mass is 15.1. The first-order valence-corrected chi connectivity index (χ1v) is 6.91. The van der Waals surface area contributed by atoms with Crippen LogP contribution in [0.2, 0.25) is 0 Å². The number of nitrogens with one attached hydrogen (secondary N) is 1. The highest BCUT2D eigenvalue weighted by molar-refractivity contribution is 4.81. The zero-order chi connectivity index (χ0) is 11.4. The maximum absolute atomic E-state index is 6.01. The van der Waals surface area contributed by atoms with Gasteiger partial charge in [0, 0.05) is 12.1 Å². The molecule has 3 N–H and O–H groups in total. The van der Waals surface area contributed by atoms with Gasteiger partial charge >= 0.3 is 0 Å². The summed E-state index contributed by atoms with van der Waals surface area (Å²) >= 11 is 0. The van der Waals surface area contributed by atoms with Crippen LogP contribution in [-0.4, -0.2) is 43.7 Å². The molecule has 0 aromatic heterocycles. The molecular formula is C13H27N3. The average molecular weight is 225 g/mol. The van der Waals surface area contributed by atoms with Crippen LogP contribution in [0.25, 0.3) is 0 Å². The third-order valence-electron chi connectivity index (χ3n) is 4.25. The summed E-state index contributed by atoms with van der Waals surface area (Å²) in [7, 11) is 2.23. The maximum Gasteiger partial charge on any atom is 0.00819 e. The third-order valence-corrected chi connectivity index (χ3v) is 4.25. The highest BCUT2D eigenvalue weighted by Gasteiger charge is 2.21. The molecule has 1 heterocycles. The number of nitrogens with two attached hydrogens (primary N) is 1. The van der Waals surface area contributed by atoms with E-state index in [1.807, 2.05) is 0 Å². The first-order chi connectivity index (χ1) is 7.74. The molecule has 2 rings (SSSR count). The van der Waals surface area contributed by atoms with E-state index in [2.05, 4.69) is 17.3 Å². The van der Waals surface area contributed by atoms with E-state index in [-0.39, 0.29) is 0 Å². The van der Waals surface area contributed by atoms with Crippen LogP contribution in [0.3, 0.4) is 0 Å². The normalized spacial score (nSPS) is 34.1. The minimum atomic E-state index is 0.448. The van der Waals surface area contributed by atoms with Crippen molar-refractivity contribution in [2.45, 2.75) is 50.6 Å². The summed E-state index contributed by atoms with van der Waals surface area (Å²) in [6.07, 6.45) is 7.79. The summed E-state index contributed by atoms with van der Waals surface area (Å²) in [6, 6.07) is 1.15. The van der Waals surface area contributed by atoms with Gasteiger partial charge in [-0.3, -0.25) is 0 Å². The van der Waals surface area contributed by atoms with Gasteiger partial charge in [0.2, 0.25) is 0 Å². The summed E-state index contributed by atoms with van der Waals surface area (Å²) < 4.78 is 0. The Labute approximate surface area is 99.8 Å². The summed E-state index contributed by atoms with van der Waals surface area (Å²) in [5.74, 6) is 0.898. The first-order valence-electron chi connectivity index (χ1n) is 6.91. The van der Waals surface area contributed by atoms with Gasteiger partial charge in [0.05, 0.1) is 0 Å². The van der Waals surface area contributed by atoms with Crippen molar-refractivity contribution in [3.05, 3.63) is 0 Å². The second-order valence-corrected chi connectivity index (χ2v) is 5.78. The van der Waals surface area contributed by atoms with Crippen LogP contribution in [-0.2, 0) is 0 Å². The molecule has 1 saturated heterocycles. The molecule has 16 heavy (non-hydrogen) atoms. The van der Waals surface area contributed by atoms with Crippen molar-refractivity contribution < 1.29 is 0 Å². The molecule has 3 heteroatoms. The number of rotatable bonds is 3. The molecule has 2 atom stereocenters. The quantitative estimate of drug-likeness (QED) is 0.758. The van der Waals surface area contributed by atoms with Crippen molar-refractivity contribution in [1.82, 2.24) is 10.2 Å². The summed E-state index contributed by atoms with van der Waals surface area (Å²) in [6.45, 7) is 3.76. The lowest BCUT2D eigenvalue weighted by Crippen LogP contribution is -2.43. The van der Waals surface area contributed by atoms with E-state index >= 15 is 0 Å². The van der Waals surface area contributed by atoms with Gasteiger partial charge in [-0.1, -0.05) is 6.42 Å². The van der Waals surface area contributed by atoms with Gasteiger partial charge in [-0.25, -0.2) is 0 Å². The minimum Gasteiger partial charge on any atom is -0.328 e. The van der Waals surface area contributed by atoms with E-state index in [1.165, 1.54) is 58.2 Å². The molecule has 2 unspecified atom stereocenters. The molecule has 2 aliphatic rings. The van der Waals surface area contributed by atoms with Crippen molar-refractivity contribution in [2.24, 2.45) is 11.7 Å². The minimum absolute atomic E-state index is 0.448. The van der Waals surface area contributed by atoms with Gasteiger partial charge in [-0.05, 0) is 64.7 Å². The van der Waals surface area contributed by atoms with Crippen molar-refractivity contribution in [1.29, 1.82) is 0 Å². The van der Waals surface area contributed by atoms with Crippen LogP contribution in [0.15, 0.2) is 0 Å². The van der Waals surface area contributed by atoms with Gasteiger partial charge in [-0.15, -0.1) is 0 Å². The van der Waals surface area contributed by atoms with Crippen molar-refractivity contribution >= 4 is 0 Å². The van der Waals surface area contributed by atoms with Gasteiger partial charge in [0.25, 0.3) is 0 Å². The number of piperidine rings is 1. The fourth-order valence-electron chi connectivity index (χ4n) is 3.01. The Hall–Kier alpha value is -0.120. The predicted molar refractivity (Wildman–Crippen MR) is 68.5 cm³/mol. The van der Waals surface area contributed by atoms with Gasteiger partial charge in [0.1, 0.15) is 0 Å². The topological polar surface area (TPSA) is 41.3 Å². The largest absolute Gasteiger partial charge is 0.328 e. The molecular weight excluding hydrogens is 198 g/mol. The van der Waals surface area contributed by atoms with Crippen molar-refractivity contribution in [2.75, 3.05) is 26.7 Å². The van der Waals surface area contributed by atoms with Gasteiger partial charge < -0.3 is 16.0 Å². The van der Waals surface area contributed by atoms with Crippen LogP contribution >= 0.6 is 0 Å². The van der Waals surface area contributed by atoms with Crippen LogP contribution in [0.1, 0.15) is 38.5 Å². The summed E-state index contributed by atoms with van der Waals surface area (Å²) in [4.78, 5) is 2.44. The average Bonchev–Trinajstić information content (AvgIpc) is 2.28. The van der Waals surface area contributed by atoms with Gasteiger partial charge in [-0.2, -0.15) is 0 Å². The molecule has 94 valence electrons. The van der Waals surface area contributed by atoms with Crippen LogP contribution in [0.5, 0.6) is 0 Å². The first kappa shape index (κ1) is 12.3. The van der Waals surface area contributed by atoms with E-state index in [1.54, 1.807) is 0 Å². The predicted octanol–water partition coefficient (Wildman–Crippen LogP) is 1.19. The van der Waals surface area contributed by atoms with Crippen LogP contribution in [0, 0.1) is 5.92 Å².